The van der Waals surface area contributed by atoms with Crippen LogP contribution in [0.2, 0.25) is 5.02 Å². The Morgan fingerprint density at radius 2 is 1.82 bits per heavy atom. The number of alkyl halides is 3. The molecule has 110 valence electrons. The summed E-state index contributed by atoms with van der Waals surface area (Å²) < 4.78 is 40.4. The highest BCUT2D eigenvalue weighted by Gasteiger charge is 2.35. The molecule has 7 heteroatoms. The third-order valence-electron chi connectivity index (χ3n) is 3.01. The Labute approximate surface area is 128 Å². The summed E-state index contributed by atoms with van der Waals surface area (Å²) in [7, 11) is 0. The Kier molecular flexibility index (Phi) is 3.30. The van der Waals surface area contributed by atoms with Crippen molar-refractivity contribution in [2.45, 2.75) is 6.18 Å². The van der Waals surface area contributed by atoms with E-state index in [9.17, 15) is 13.2 Å². The summed E-state index contributed by atoms with van der Waals surface area (Å²) in [5.74, 6) is 2.21. The van der Waals surface area contributed by atoms with Gasteiger partial charge in [0.25, 0.3) is 0 Å². The fourth-order valence-corrected chi connectivity index (χ4v) is 2.14. The first-order chi connectivity index (χ1) is 10.4. The number of fused-ring (bicyclic) bond motifs is 1. The first-order valence-corrected chi connectivity index (χ1v) is 6.47. The molecule has 0 amide bonds. The highest BCUT2D eigenvalue weighted by atomic mass is 35.5. The second kappa shape index (κ2) is 5.04. The summed E-state index contributed by atoms with van der Waals surface area (Å²) in [5.41, 5.74) is -0.135. The van der Waals surface area contributed by atoms with Gasteiger partial charge in [0.05, 0.1) is 5.69 Å². The number of hydrogen-bond acceptors (Lipinski definition) is 2. The van der Waals surface area contributed by atoms with E-state index in [0.29, 0.717) is 15.1 Å². The summed E-state index contributed by atoms with van der Waals surface area (Å²) in [6.07, 6.45) is 0.606. The van der Waals surface area contributed by atoms with Crippen molar-refractivity contribution in [3.05, 3.63) is 52.8 Å². The molecular weight excluding hydrogens is 315 g/mol. The lowest BCUT2D eigenvalue weighted by Crippen LogP contribution is -2.13. The van der Waals surface area contributed by atoms with E-state index >= 15 is 0 Å². The molecule has 1 aromatic carbocycles. The zero-order chi connectivity index (χ0) is 15.9. The van der Waals surface area contributed by atoms with Crippen molar-refractivity contribution >= 4 is 17.2 Å². The maximum Gasteiger partial charge on any atom is 0.433 e. The summed E-state index contributed by atoms with van der Waals surface area (Å²) in [6.45, 7) is 0. The Balaban J connectivity index is 2.29. The molecule has 2 heterocycles. The molecule has 3 aromatic rings. The second-order valence-electron chi connectivity index (χ2n) is 4.48. The third-order valence-corrected chi connectivity index (χ3v) is 3.26. The maximum absolute atomic E-state index is 13.2. The van der Waals surface area contributed by atoms with E-state index in [2.05, 4.69) is 16.0 Å². The molecule has 0 aliphatic heterocycles. The van der Waals surface area contributed by atoms with Crippen LogP contribution in [0, 0.1) is 12.3 Å². The van der Waals surface area contributed by atoms with Crippen LogP contribution in [0.25, 0.3) is 16.9 Å². The Morgan fingerprint density at radius 1 is 1.14 bits per heavy atom. The standard InChI is InChI=1S/C15H7ClF3N3/c1-2-11-7-14-20-12(9-3-5-10(16)6-4-9)8-13(15(17,18)19)22(14)21-11/h1,3-8H. The Hall–Kier alpha value is -2.52. The lowest BCUT2D eigenvalue weighted by Gasteiger charge is -2.11. The van der Waals surface area contributed by atoms with Crippen LogP contribution in [-0.2, 0) is 6.18 Å². The minimum absolute atomic E-state index is 0.0349. The van der Waals surface area contributed by atoms with Gasteiger partial charge in [0, 0.05) is 16.7 Å². The van der Waals surface area contributed by atoms with Gasteiger partial charge in [-0.2, -0.15) is 18.3 Å². The van der Waals surface area contributed by atoms with Crippen molar-refractivity contribution in [1.82, 2.24) is 14.6 Å². The fourth-order valence-electron chi connectivity index (χ4n) is 2.02. The smallest absolute Gasteiger partial charge is 0.228 e. The van der Waals surface area contributed by atoms with Gasteiger partial charge in [-0.3, -0.25) is 0 Å². The number of terminal acetylenes is 1. The number of halogens is 4. The number of rotatable bonds is 1. The molecule has 0 aliphatic rings. The van der Waals surface area contributed by atoms with Crippen LogP contribution in [0.5, 0.6) is 0 Å². The highest BCUT2D eigenvalue weighted by Crippen LogP contribution is 2.32. The number of benzene rings is 1. The van der Waals surface area contributed by atoms with Gasteiger partial charge in [-0.15, -0.1) is 6.42 Å². The lowest BCUT2D eigenvalue weighted by atomic mass is 10.1. The first-order valence-electron chi connectivity index (χ1n) is 6.09. The molecule has 22 heavy (non-hydrogen) atoms. The molecule has 2 aromatic heterocycles. The molecule has 0 saturated carbocycles. The third kappa shape index (κ3) is 2.51. The molecule has 0 unspecified atom stereocenters. The lowest BCUT2D eigenvalue weighted by molar-refractivity contribution is -0.142. The molecule has 0 spiro atoms. The molecule has 0 atom stereocenters. The van der Waals surface area contributed by atoms with E-state index in [0.717, 1.165) is 6.07 Å². The van der Waals surface area contributed by atoms with E-state index in [-0.39, 0.29) is 17.0 Å². The molecule has 0 radical (unpaired) electrons. The van der Waals surface area contributed by atoms with Crippen LogP contribution < -0.4 is 0 Å². The summed E-state index contributed by atoms with van der Waals surface area (Å²) >= 11 is 5.78. The Bertz CT molecular complexity index is 889. The van der Waals surface area contributed by atoms with Crippen molar-refractivity contribution in [3.8, 4) is 23.6 Å². The number of aromatic nitrogens is 3. The van der Waals surface area contributed by atoms with Crippen molar-refractivity contribution in [3.63, 3.8) is 0 Å². The van der Waals surface area contributed by atoms with Crippen molar-refractivity contribution in [1.29, 1.82) is 0 Å². The first kappa shape index (κ1) is 14.4. The number of nitrogens with zero attached hydrogens (tertiary/aromatic N) is 3. The molecule has 0 N–H and O–H groups in total. The maximum atomic E-state index is 13.2. The average Bonchev–Trinajstić information content (AvgIpc) is 2.88. The zero-order valence-corrected chi connectivity index (χ0v) is 11.7. The largest absolute Gasteiger partial charge is 0.433 e. The predicted octanol–water partition coefficient (Wildman–Crippen LogP) is 4.05. The minimum Gasteiger partial charge on any atom is -0.228 e. The summed E-state index contributed by atoms with van der Waals surface area (Å²) in [4.78, 5) is 4.18. The van der Waals surface area contributed by atoms with Gasteiger partial charge in [0.15, 0.2) is 11.3 Å². The van der Waals surface area contributed by atoms with Crippen LogP contribution in [0.4, 0.5) is 13.2 Å². The van der Waals surface area contributed by atoms with Gasteiger partial charge in [-0.1, -0.05) is 23.7 Å². The van der Waals surface area contributed by atoms with Gasteiger partial charge in [0.2, 0.25) is 0 Å². The van der Waals surface area contributed by atoms with Crippen LogP contribution in [0.1, 0.15) is 11.4 Å². The molecule has 0 fully saturated rings. The van der Waals surface area contributed by atoms with Gasteiger partial charge < -0.3 is 0 Å². The van der Waals surface area contributed by atoms with Gasteiger partial charge in [-0.05, 0) is 24.1 Å². The van der Waals surface area contributed by atoms with E-state index < -0.39 is 11.9 Å². The van der Waals surface area contributed by atoms with Crippen LogP contribution in [0.15, 0.2) is 36.4 Å². The normalized spacial score (nSPS) is 11.6. The van der Waals surface area contributed by atoms with E-state index in [1.54, 1.807) is 24.3 Å². The second-order valence-corrected chi connectivity index (χ2v) is 4.91. The van der Waals surface area contributed by atoms with E-state index in [4.69, 9.17) is 18.0 Å². The van der Waals surface area contributed by atoms with Crippen molar-refractivity contribution < 1.29 is 13.2 Å². The zero-order valence-electron chi connectivity index (χ0n) is 10.9. The summed E-state index contributed by atoms with van der Waals surface area (Å²) in [6, 6.07) is 8.62. The van der Waals surface area contributed by atoms with Crippen LogP contribution in [0.3, 0.4) is 0 Å². The highest BCUT2D eigenvalue weighted by molar-refractivity contribution is 6.30. The summed E-state index contributed by atoms with van der Waals surface area (Å²) in [5, 5.41) is 4.21. The Morgan fingerprint density at radius 3 is 2.41 bits per heavy atom. The van der Waals surface area contributed by atoms with Gasteiger partial charge in [-0.25, -0.2) is 9.50 Å². The monoisotopic (exact) mass is 321 g/mol. The van der Waals surface area contributed by atoms with Crippen LogP contribution >= 0.6 is 11.6 Å². The van der Waals surface area contributed by atoms with E-state index in [1.807, 2.05) is 0 Å². The minimum atomic E-state index is -4.58. The topological polar surface area (TPSA) is 30.2 Å². The molecule has 3 nitrogen and oxygen atoms in total. The van der Waals surface area contributed by atoms with Crippen LogP contribution in [-0.4, -0.2) is 14.6 Å². The molecule has 0 saturated heterocycles. The van der Waals surface area contributed by atoms with Gasteiger partial charge >= 0.3 is 6.18 Å². The average molecular weight is 322 g/mol. The van der Waals surface area contributed by atoms with Crippen molar-refractivity contribution in [2.24, 2.45) is 0 Å². The van der Waals surface area contributed by atoms with Gasteiger partial charge in [0.1, 0.15) is 5.69 Å². The molecule has 0 bridgehead atoms. The molecular formula is C15H7ClF3N3. The molecule has 3 rings (SSSR count). The van der Waals surface area contributed by atoms with Crippen molar-refractivity contribution in [2.75, 3.05) is 0 Å². The van der Waals surface area contributed by atoms with E-state index in [1.165, 1.54) is 6.07 Å². The fraction of sp³-hybridized carbons (Fsp3) is 0.0667. The quantitative estimate of drug-likeness (QED) is 0.633. The predicted molar refractivity (Wildman–Crippen MR) is 76.4 cm³/mol. The number of hydrogen-bond donors (Lipinski definition) is 0. The molecule has 0 aliphatic carbocycles. The SMILES string of the molecule is C#Cc1cc2nc(-c3ccc(Cl)cc3)cc(C(F)(F)F)n2n1.